The van der Waals surface area contributed by atoms with Gasteiger partial charge in [-0.25, -0.2) is 9.67 Å². The molecule has 3 aromatic carbocycles. The summed E-state index contributed by atoms with van der Waals surface area (Å²) in [5, 5.41) is 8.60. The first kappa shape index (κ1) is 21.4. The second kappa shape index (κ2) is 8.71. The second-order valence-electron chi connectivity index (χ2n) is 7.03. The number of aryl methyl sites for hydroxylation is 2. The highest BCUT2D eigenvalue weighted by atomic mass is 35.5. The monoisotopic (exact) mass is 470 g/mol. The van der Waals surface area contributed by atoms with Crippen molar-refractivity contribution >= 4 is 46.4 Å². The third-order valence-corrected chi connectivity index (χ3v) is 5.82. The van der Waals surface area contributed by atoms with E-state index in [1.54, 1.807) is 35.0 Å². The molecule has 0 radical (unpaired) electrons. The molecule has 0 spiro atoms. The quantitative estimate of drug-likeness (QED) is 0.357. The molecule has 1 heterocycles. The maximum Gasteiger partial charge on any atom is 0.295 e. The van der Waals surface area contributed by atoms with Gasteiger partial charge < -0.3 is 5.32 Å². The minimum absolute atomic E-state index is 0.0225. The molecule has 0 bridgehead atoms. The number of aromatic nitrogens is 3. The Kier molecular flexibility index (Phi) is 6.01. The number of rotatable bonds is 4. The van der Waals surface area contributed by atoms with Crippen LogP contribution in [0.5, 0.6) is 0 Å². The van der Waals surface area contributed by atoms with Crippen LogP contribution in [0.25, 0.3) is 17.1 Å². The zero-order valence-electron chi connectivity index (χ0n) is 16.7. The molecule has 0 unspecified atom stereocenters. The van der Waals surface area contributed by atoms with E-state index in [0.717, 1.165) is 22.4 Å². The van der Waals surface area contributed by atoms with Crippen LogP contribution in [-0.2, 0) is 0 Å². The largest absolute Gasteiger partial charge is 0.319 e. The van der Waals surface area contributed by atoms with Crippen molar-refractivity contribution in [1.29, 1.82) is 0 Å². The van der Waals surface area contributed by atoms with E-state index >= 15 is 0 Å². The molecule has 0 aliphatic heterocycles. The fourth-order valence-corrected chi connectivity index (χ4v) is 3.42. The lowest BCUT2D eigenvalue weighted by Gasteiger charge is -2.08. The third-order valence-electron chi connectivity index (χ3n) is 4.83. The van der Waals surface area contributed by atoms with Crippen LogP contribution in [0.4, 0.5) is 5.69 Å². The molecule has 31 heavy (non-hydrogen) atoms. The summed E-state index contributed by atoms with van der Waals surface area (Å²) in [4.78, 5) is 17.4. The smallest absolute Gasteiger partial charge is 0.295 e. The summed E-state index contributed by atoms with van der Waals surface area (Å²) in [7, 11) is 0. The summed E-state index contributed by atoms with van der Waals surface area (Å²) < 4.78 is 1.65. The highest BCUT2D eigenvalue weighted by Gasteiger charge is 2.19. The van der Waals surface area contributed by atoms with Crippen molar-refractivity contribution in [1.82, 2.24) is 14.8 Å². The fourth-order valence-electron chi connectivity index (χ4n) is 2.99. The van der Waals surface area contributed by atoms with Crippen molar-refractivity contribution in [2.24, 2.45) is 0 Å². The van der Waals surface area contributed by atoms with Gasteiger partial charge in [0.25, 0.3) is 5.91 Å². The Bertz CT molecular complexity index is 1280. The summed E-state index contributed by atoms with van der Waals surface area (Å²) in [6, 6.07) is 18.0. The SMILES string of the molecule is Cc1ccc(-n2nc(C(=O)Nc3ccc(Cl)c(Cl)c3)nc2-c2ccc(Cl)cc2)cc1C. The van der Waals surface area contributed by atoms with Gasteiger partial charge in [0.15, 0.2) is 5.82 Å². The maximum atomic E-state index is 12.9. The molecular weight excluding hydrogens is 455 g/mol. The molecule has 1 amide bonds. The van der Waals surface area contributed by atoms with E-state index in [1.807, 2.05) is 44.2 Å². The van der Waals surface area contributed by atoms with E-state index in [1.165, 1.54) is 0 Å². The van der Waals surface area contributed by atoms with Crippen molar-refractivity contribution < 1.29 is 4.79 Å². The van der Waals surface area contributed by atoms with Gasteiger partial charge in [-0.15, -0.1) is 5.10 Å². The molecule has 4 rings (SSSR count). The van der Waals surface area contributed by atoms with Gasteiger partial charge in [0.05, 0.1) is 15.7 Å². The summed E-state index contributed by atoms with van der Waals surface area (Å²) >= 11 is 18.0. The van der Waals surface area contributed by atoms with Gasteiger partial charge in [-0.1, -0.05) is 40.9 Å². The standard InChI is InChI=1S/C23H17Cl3N4O/c1-13-3-9-18(11-14(13)2)30-22(15-4-6-16(24)7-5-15)28-21(29-30)23(31)27-17-8-10-19(25)20(26)12-17/h3-12H,1-2H3,(H,27,31). The maximum absolute atomic E-state index is 12.9. The number of nitrogens with one attached hydrogen (secondary N) is 1. The van der Waals surface area contributed by atoms with Gasteiger partial charge in [0, 0.05) is 16.3 Å². The lowest BCUT2D eigenvalue weighted by molar-refractivity contribution is 0.101. The molecule has 156 valence electrons. The van der Waals surface area contributed by atoms with E-state index in [0.29, 0.717) is 26.6 Å². The Hall–Kier alpha value is -2.86. The van der Waals surface area contributed by atoms with E-state index in [4.69, 9.17) is 34.8 Å². The van der Waals surface area contributed by atoms with Gasteiger partial charge in [0.1, 0.15) is 0 Å². The molecule has 0 atom stereocenters. The predicted molar refractivity (Wildman–Crippen MR) is 126 cm³/mol. The van der Waals surface area contributed by atoms with Crippen LogP contribution in [0.15, 0.2) is 60.7 Å². The molecule has 1 N–H and O–H groups in total. The molecule has 0 fully saturated rings. The zero-order chi connectivity index (χ0) is 22.1. The topological polar surface area (TPSA) is 59.8 Å². The summed E-state index contributed by atoms with van der Waals surface area (Å²) in [5.41, 5.74) is 4.35. The van der Waals surface area contributed by atoms with Gasteiger partial charge in [0.2, 0.25) is 5.82 Å². The summed E-state index contributed by atoms with van der Waals surface area (Å²) in [5.74, 6) is 0.0876. The highest BCUT2D eigenvalue weighted by molar-refractivity contribution is 6.42. The number of nitrogens with zero attached hydrogens (tertiary/aromatic N) is 3. The summed E-state index contributed by atoms with van der Waals surface area (Å²) in [6.45, 7) is 4.06. The van der Waals surface area contributed by atoms with Crippen molar-refractivity contribution in [3.63, 3.8) is 0 Å². The molecule has 8 heteroatoms. The number of hydrogen-bond acceptors (Lipinski definition) is 3. The Labute approximate surface area is 194 Å². The second-order valence-corrected chi connectivity index (χ2v) is 8.28. The van der Waals surface area contributed by atoms with Gasteiger partial charge in [-0.2, -0.15) is 0 Å². The van der Waals surface area contributed by atoms with Crippen LogP contribution >= 0.6 is 34.8 Å². The third kappa shape index (κ3) is 4.59. The molecule has 0 saturated carbocycles. The van der Waals surface area contributed by atoms with E-state index in [-0.39, 0.29) is 5.82 Å². The molecule has 5 nitrogen and oxygen atoms in total. The molecule has 0 aliphatic carbocycles. The Morgan fingerprint density at radius 2 is 1.61 bits per heavy atom. The van der Waals surface area contributed by atoms with Crippen LogP contribution in [-0.4, -0.2) is 20.7 Å². The number of carbonyl (C=O) groups excluding carboxylic acids is 1. The van der Waals surface area contributed by atoms with Crippen molar-refractivity contribution in [2.75, 3.05) is 5.32 Å². The van der Waals surface area contributed by atoms with Crippen LogP contribution in [0.1, 0.15) is 21.7 Å². The van der Waals surface area contributed by atoms with Crippen LogP contribution in [0.2, 0.25) is 15.1 Å². The van der Waals surface area contributed by atoms with Crippen LogP contribution in [0, 0.1) is 13.8 Å². The minimum Gasteiger partial charge on any atom is -0.319 e. The number of carbonyl (C=O) groups is 1. The van der Waals surface area contributed by atoms with Gasteiger partial charge in [-0.05, 0) is 79.6 Å². The van der Waals surface area contributed by atoms with E-state index < -0.39 is 5.91 Å². The van der Waals surface area contributed by atoms with Gasteiger partial charge >= 0.3 is 0 Å². The lowest BCUT2D eigenvalue weighted by Crippen LogP contribution is -2.14. The number of halogens is 3. The Balaban J connectivity index is 1.76. The Morgan fingerprint density at radius 1 is 0.871 bits per heavy atom. The molecule has 0 aliphatic rings. The van der Waals surface area contributed by atoms with E-state index in [9.17, 15) is 4.79 Å². The van der Waals surface area contributed by atoms with Gasteiger partial charge in [-0.3, -0.25) is 4.79 Å². The number of anilines is 1. The molecule has 0 saturated heterocycles. The molecule has 4 aromatic rings. The first-order valence-corrected chi connectivity index (χ1v) is 10.5. The Morgan fingerprint density at radius 3 is 2.29 bits per heavy atom. The summed E-state index contributed by atoms with van der Waals surface area (Å²) in [6.07, 6.45) is 0. The first-order chi connectivity index (χ1) is 14.8. The zero-order valence-corrected chi connectivity index (χ0v) is 18.9. The molecule has 1 aromatic heterocycles. The van der Waals surface area contributed by atoms with E-state index in [2.05, 4.69) is 15.4 Å². The van der Waals surface area contributed by atoms with Crippen LogP contribution in [0.3, 0.4) is 0 Å². The number of hydrogen-bond donors (Lipinski definition) is 1. The van der Waals surface area contributed by atoms with Crippen molar-refractivity contribution in [3.8, 4) is 17.1 Å². The molecular formula is C23H17Cl3N4O. The number of benzene rings is 3. The van der Waals surface area contributed by atoms with Crippen molar-refractivity contribution in [3.05, 3.63) is 92.7 Å². The number of amides is 1. The lowest BCUT2D eigenvalue weighted by atomic mass is 10.1. The normalized spacial score (nSPS) is 10.9. The average Bonchev–Trinajstić information content (AvgIpc) is 3.19. The predicted octanol–water partition coefficient (Wildman–Crippen LogP) is 6.76. The first-order valence-electron chi connectivity index (χ1n) is 9.39. The van der Waals surface area contributed by atoms with Crippen LogP contribution < -0.4 is 5.32 Å². The minimum atomic E-state index is -0.462. The average molecular weight is 472 g/mol. The highest BCUT2D eigenvalue weighted by Crippen LogP contribution is 2.27. The fraction of sp³-hybridized carbons (Fsp3) is 0.0870. The van der Waals surface area contributed by atoms with Crippen molar-refractivity contribution in [2.45, 2.75) is 13.8 Å².